The van der Waals surface area contributed by atoms with Crippen molar-refractivity contribution < 1.29 is 23.1 Å². The third kappa shape index (κ3) is 4.29. The summed E-state index contributed by atoms with van der Waals surface area (Å²) in [6.07, 6.45) is 0.971. The number of ether oxygens (including phenoxy) is 1. The summed E-state index contributed by atoms with van der Waals surface area (Å²) in [5, 5.41) is 0.0655. The Labute approximate surface area is 184 Å². The highest BCUT2D eigenvalue weighted by Gasteiger charge is 2.45. The molecule has 0 aliphatic carbocycles. The summed E-state index contributed by atoms with van der Waals surface area (Å²) in [4.78, 5) is 29.8. The van der Waals surface area contributed by atoms with Crippen LogP contribution in [0, 0.1) is 11.6 Å². The van der Waals surface area contributed by atoms with E-state index < -0.39 is 11.2 Å². The van der Waals surface area contributed by atoms with Crippen molar-refractivity contribution in [2.45, 2.75) is 18.3 Å². The molecule has 0 unspecified atom stereocenters. The minimum absolute atomic E-state index is 0.0617. The van der Waals surface area contributed by atoms with Crippen LogP contribution in [0.4, 0.5) is 8.78 Å². The zero-order valence-corrected chi connectivity index (χ0v) is 17.7. The van der Waals surface area contributed by atoms with Crippen LogP contribution in [0.1, 0.15) is 28.8 Å². The molecule has 31 heavy (non-hydrogen) atoms. The Hall–Kier alpha value is -2.51. The second kappa shape index (κ2) is 8.93. The predicted octanol–water partition coefficient (Wildman–Crippen LogP) is 3.65. The maximum absolute atomic E-state index is 13.9. The number of piperazine rings is 1. The van der Waals surface area contributed by atoms with E-state index in [2.05, 4.69) is 0 Å². The molecule has 0 bridgehead atoms. The molecule has 2 heterocycles. The Kier molecular flexibility index (Phi) is 6.25. The van der Waals surface area contributed by atoms with Crippen LogP contribution in [0.25, 0.3) is 0 Å². The molecule has 0 atom stereocenters. The lowest BCUT2D eigenvalue weighted by Crippen LogP contribution is -2.56. The van der Waals surface area contributed by atoms with E-state index in [4.69, 9.17) is 16.3 Å². The summed E-state index contributed by atoms with van der Waals surface area (Å²) in [6, 6.07) is 9.90. The zero-order chi connectivity index (χ0) is 22.0. The fraction of sp³-hybridized carbons (Fsp3) is 0.391. The van der Waals surface area contributed by atoms with E-state index in [1.54, 1.807) is 21.9 Å². The van der Waals surface area contributed by atoms with Crippen LogP contribution in [0.15, 0.2) is 42.5 Å². The smallest absolute Gasteiger partial charge is 0.255 e. The number of carbonyl (C=O) groups excluding carboxylic acids is 2. The van der Waals surface area contributed by atoms with E-state index in [1.165, 1.54) is 24.3 Å². The van der Waals surface area contributed by atoms with Gasteiger partial charge < -0.3 is 14.5 Å². The highest BCUT2D eigenvalue weighted by atomic mass is 35.5. The maximum Gasteiger partial charge on any atom is 0.255 e. The van der Waals surface area contributed by atoms with Crippen molar-refractivity contribution in [3.05, 3.63) is 70.2 Å². The largest absolute Gasteiger partial charge is 0.381 e. The minimum atomic E-state index is -0.827. The van der Waals surface area contributed by atoms with Crippen LogP contribution >= 0.6 is 11.6 Å². The summed E-state index contributed by atoms with van der Waals surface area (Å²) < 4.78 is 32.7. The third-order valence-electron chi connectivity index (χ3n) is 6.15. The Morgan fingerprint density at radius 3 is 2.19 bits per heavy atom. The first-order chi connectivity index (χ1) is 14.9. The van der Waals surface area contributed by atoms with Gasteiger partial charge in [0.1, 0.15) is 11.6 Å². The van der Waals surface area contributed by atoms with Gasteiger partial charge in [-0.2, -0.15) is 0 Å². The van der Waals surface area contributed by atoms with Crippen molar-refractivity contribution >= 4 is 23.4 Å². The molecule has 164 valence electrons. The van der Waals surface area contributed by atoms with Gasteiger partial charge in [0.05, 0.1) is 16.0 Å². The molecule has 8 heteroatoms. The van der Waals surface area contributed by atoms with Crippen LogP contribution in [-0.2, 0) is 14.9 Å². The first-order valence-corrected chi connectivity index (χ1v) is 10.7. The van der Waals surface area contributed by atoms with Crippen LogP contribution in [-0.4, -0.2) is 61.0 Å². The van der Waals surface area contributed by atoms with Crippen molar-refractivity contribution in [3.8, 4) is 0 Å². The molecule has 2 aromatic rings. The van der Waals surface area contributed by atoms with Gasteiger partial charge in [-0.1, -0.05) is 23.7 Å². The second-order valence-corrected chi connectivity index (χ2v) is 8.32. The van der Waals surface area contributed by atoms with E-state index in [0.717, 1.165) is 6.07 Å². The number of benzene rings is 2. The molecule has 2 amide bonds. The Morgan fingerprint density at radius 2 is 1.55 bits per heavy atom. The highest BCUT2D eigenvalue weighted by Crippen LogP contribution is 2.37. The monoisotopic (exact) mass is 448 g/mol. The predicted molar refractivity (Wildman–Crippen MR) is 112 cm³/mol. The van der Waals surface area contributed by atoms with Crippen molar-refractivity contribution in [2.24, 2.45) is 0 Å². The molecule has 0 aromatic heterocycles. The quantitative estimate of drug-likeness (QED) is 0.720. The van der Waals surface area contributed by atoms with Crippen LogP contribution in [0.2, 0.25) is 5.02 Å². The van der Waals surface area contributed by atoms with Crippen LogP contribution < -0.4 is 0 Å². The van der Waals surface area contributed by atoms with Crippen molar-refractivity contribution in [3.63, 3.8) is 0 Å². The Bertz CT molecular complexity index is 987. The molecule has 2 aliphatic rings. The molecule has 0 radical (unpaired) electrons. The van der Waals surface area contributed by atoms with Crippen LogP contribution in [0.3, 0.4) is 0 Å². The topological polar surface area (TPSA) is 49.9 Å². The number of rotatable bonds is 3. The average Bonchev–Trinajstić information content (AvgIpc) is 2.79. The van der Waals surface area contributed by atoms with Gasteiger partial charge in [-0.3, -0.25) is 9.59 Å². The lowest BCUT2D eigenvalue weighted by Gasteiger charge is -2.43. The molecule has 0 saturated carbocycles. The molecule has 0 spiro atoms. The summed E-state index contributed by atoms with van der Waals surface area (Å²) in [7, 11) is 0. The van der Waals surface area contributed by atoms with Crippen molar-refractivity contribution in [1.82, 2.24) is 9.80 Å². The van der Waals surface area contributed by atoms with Gasteiger partial charge in [-0.25, -0.2) is 8.78 Å². The normalized spacial score (nSPS) is 18.7. The molecule has 2 saturated heterocycles. The van der Waals surface area contributed by atoms with Crippen molar-refractivity contribution in [1.29, 1.82) is 0 Å². The third-order valence-corrected chi connectivity index (χ3v) is 6.46. The molecular weight excluding hydrogens is 426 g/mol. The van der Waals surface area contributed by atoms with Gasteiger partial charge in [0.2, 0.25) is 5.91 Å². The standard InChI is InChI=1S/C23H23ClF2N2O3/c24-20-15-18(26)4-5-19(20)21(29)27-8-10-28(11-9-27)22(30)23(6-12-31-13-7-23)16-2-1-3-17(25)14-16/h1-5,14-15H,6-13H2. The summed E-state index contributed by atoms with van der Waals surface area (Å²) in [5.74, 6) is -1.23. The number of nitrogens with zero attached hydrogens (tertiary/aromatic N) is 2. The van der Waals surface area contributed by atoms with E-state index in [0.29, 0.717) is 57.8 Å². The Morgan fingerprint density at radius 1 is 0.903 bits per heavy atom. The minimum Gasteiger partial charge on any atom is -0.381 e. The maximum atomic E-state index is 13.9. The lowest BCUT2D eigenvalue weighted by atomic mass is 9.73. The fourth-order valence-electron chi connectivity index (χ4n) is 4.38. The number of amides is 2. The first kappa shape index (κ1) is 21.7. The molecular formula is C23H23ClF2N2O3. The van der Waals surface area contributed by atoms with Gasteiger partial charge in [-0.05, 0) is 48.7 Å². The second-order valence-electron chi connectivity index (χ2n) is 7.91. The number of halogens is 3. The Balaban J connectivity index is 1.49. The number of hydrogen-bond acceptors (Lipinski definition) is 3. The SMILES string of the molecule is O=C(c1ccc(F)cc1Cl)N1CCN(C(=O)C2(c3cccc(F)c3)CCOCC2)CC1. The fourth-order valence-corrected chi connectivity index (χ4v) is 4.63. The van der Waals surface area contributed by atoms with Gasteiger partial charge in [0, 0.05) is 39.4 Å². The molecule has 2 aromatic carbocycles. The van der Waals surface area contributed by atoms with Gasteiger partial charge >= 0.3 is 0 Å². The number of carbonyl (C=O) groups is 2. The van der Waals surface area contributed by atoms with E-state index in [9.17, 15) is 18.4 Å². The van der Waals surface area contributed by atoms with Gasteiger partial charge in [0.15, 0.2) is 0 Å². The zero-order valence-electron chi connectivity index (χ0n) is 17.0. The first-order valence-electron chi connectivity index (χ1n) is 10.3. The van der Waals surface area contributed by atoms with Crippen LogP contribution in [0.5, 0.6) is 0 Å². The highest BCUT2D eigenvalue weighted by molar-refractivity contribution is 6.33. The molecule has 4 rings (SSSR count). The van der Waals surface area contributed by atoms with E-state index in [-0.39, 0.29) is 28.2 Å². The molecule has 2 fully saturated rings. The molecule has 0 N–H and O–H groups in total. The lowest BCUT2D eigenvalue weighted by molar-refractivity contribution is -0.142. The summed E-state index contributed by atoms with van der Waals surface area (Å²) in [6.45, 7) is 2.28. The van der Waals surface area contributed by atoms with Gasteiger partial charge in [-0.15, -0.1) is 0 Å². The molecule has 5 nitrogen and oxygen atoms in total. The molecule has 2 aliphatic heterocycles. The van der Waals surface area contributed by atoms with E-state index >= 15 is 0 Å². The van der Waals surface area contributed by atoms with Crippen molar-refractivity contribution in [2.75, 3.05) is 39.4 Å². The average molecular weight is 449 g/mol. The van der Waals surface area contributed by atoms with Gasteiger partial charge in [0.25, 0.3) is 5.91 Å². The van der Waals surface area contributed by atoms with E-state index in [1.807, 2.05) is 0 Å². The number of hydrogen-bond donors (Lipinski definition) is 0. The summed E-state index contributed by atoms with van der Waals surface area (Å²) >= 11 is 6.03. The summed E-state index contributed by atoms with van der Waals surface area (Å²) in [5.41, 5.74) is 0.0770.